The lowest BCUT2D eigenvalue weighted by Gasteiger charge is -2.36. The lowest BCUT2D eigenvalue weighted by Crippen LogP contribution is -2.40. The van der Waals surface area contributed by atoms with E-state index in [1.54, 1.807) is 55.4 Å². The molecule has 0 bridgehead atoms. The highest BCUT2D eigenvalue weighted by Crippen LogP contribution is 2.42. The molecule has 0 saturated carbocycles. The van der Waals surface area contributed by atoms with Gasteiger partial charge in [0.05, 0.1) is 25.7 Å². The summed E-state index contributed by atoms with van der Waals surface area (Å²) in [4.78, 5) is 99.8. The van der Waals surface area contributed by atoms with E-state index in [1.807, 2.05) is 140 Å². The van der Waals surface area contributed by atoms with Gasteiger partial charge in [-0.3, -0.25) is 28.8 Å². The van der Waals surface area contributed by atoms with Gasteiger partial charge in [-0.2, -0.15) is 0 Å². The van der Waals surface area contributed by atoms with Gasteiger partial charge in [0.25, 0.3) is 0 Å². The summed E-state index contributed by atoms with van der Waals surface area (Å²) in [6, 6.07) is -1.06. The first-order chi connectivity index (χ1) is 36.2. The van der Waals surface area contributed by atoms with Crippen LogP contribution in [0.4, 0.5) is 9.59 Å². The first kappa shape index (κ1) is 67.0. The summed E-state index contributed by atoms with van der Waals surface area (Å²) in [6.45, 7) is 30.3. The molecule has 0 spiro atoms. The minimum absolute atomic E-state index is 0.00306. The molecular weight excluding hydrogens is 993 g/mol. The molecule has 0 radical (unpaired) electrons. The number of carbonyl (C=O) groups excluding carboxylic acids is 8. The molecule has 0 saturated heterocycles. The quantitative estimate of drug-likeness (QED) is 0.0403. The molecule has 0 aromatic rings. The van der Waals surface area contributed by atoms with Gasteiger partial charge in [0, 0.05) is 39.0 Å². The van der Waals surface area contributed by atoms with Crippen LogP contribution in [0.1, 0.15) is 149 Å². The Hall–Kier alpha value is -7.10. The highest BCUT2D eigenvalue weighted by molar-refractivity contribution is 6.02. The number of carbonyl (C=O) groups is 8. The zero-order chi connectivity index (χ0) is 59.0. The fraction of sp³-hybridized carbons (Fsp3) is 0.516. The zero-order valence-electron chi connectivity index (χ0n) is 49.2. The summed E-state index contributed by atoms with van der Waals surface area (Å²) in [5.41, 5.74) is 4.74. The van der Waals surface area contributed by atoms with Crippen molar-refractivity contribution in [1.29, 1.82) is 0 Å². The second kappa shape index (κ2) is 31.3. The van der Waals surface area contributed by atoms with Crippen LogP contribution in [0.3, 0.4) is 0 Å². The molecule has 0 fully saturated rings. The molecule has 16 heteroatoms. The highest BCUT2D eigenvalue weighted by Gasteiger charge is 2.41. The predicted molar refractivity (Wildman–Crippen MR) is 306 cm³/mol. The fourth-order valence-electron chi connectivity index (χ4n) is 8.21. The molecule has 4 N–H and O–H groups in total. The maximum atomic E-state index is 13.3. The number of ether oxygens (including phenoxy) is 4. The van der Waals surface area contributed by atoms with Crippen LogP contribution in [0, 0.1) is 10.8 Å². The topological polar surface area (TPSA) is 222 Å². The van der Waals surface area contributed by atoms with E-state index in [1.165, 1.54) is 0 Å². The third kappa shape index (κ3) is 26.3. The smallest absolute Gasteiger partial charge is 0.314 e. The molecule has 4 amide bonds. The molecule has 2 rings (SSSR count). The van der Waals surface area contributed by atoms with Crippen LogP contribution in [0.25, 0.3) is 0 Å². The number of hydrogen-bond acceptors (Lipinski definition) is 12. The minimum atomic E-state index is -0.926. The van der Waals surface area contributed by atoms with E-state index >= 15 is 0 Å². The standard InChI is InChI=1S/C62H88N4O12/c1-41(23-19-25-43(3)27-29-47-45(5)55(71)49(39-61(47,13)14)75-51(67)31-35-63-57(73)65-37-33-53(69)77-59(7,8)9)21-17-18-22-42(2)24-20-26-44(4)28-30-48-46(6)56(72)50(40-62(48,15)16)76-52(68)32-36-64-58(74)66-38-34-54(70)78-60(10,11)12/h17-30,49-50H,31-40H2,1-16H3,(H2,63,65,73)(H2,64,66,74)/b18-17+,23-19+,24-20+,29-27+,30-28+,41-21+,42-22+,43-25+,44-26+/t49-,50-/m0/s1. The summed E-state index contributed by atoms with van der Waals surface area (Å²) in [5.74, 6) is -2.55. The second-order valence-corrected chi connectivity index (χ2v) is 22.9. The van der Waals surface area contributed by atoms with E-state index in [4.69, 9.17) is 18.9 Å². The average molecular weight is 1080 g/mol. The Morgan fingerprint density at radius 1 is 0.474 bits per heavy atom. The molecule has 0 unspecified atom stereocenters. The van der Waals surface area contributed by atoms with Crippen LogP contribution in [0.5, 0.6) is 0 Å². The number of ketones is 2. The molecule has 16 nitrogen and oxygen atoms in total. The Kier molecular flexibility index (Phi) is 26.9. The van der Waals surface area contributed by atoms with Gasteiger partial charge < -0.3 is 40.2 Å². The van der Waals surface area contributed by atoms with E-state index < -0.39 is 70.2 Å². The summed E-state index contributed by atoms with van der Waals surface area (Å²) in [7, 11) is 0. The maximum absolute atomic E-state index is 13.3. The second-order valence-electron chi connectivity index (χ2n) is 22.9. The van der Waals surface area contributed by atoms with Crippen LogP contribution in [0.15, 0.2) is 130 Å². The van der Waals surface area contributed by atoms with Gasteiger partial charge in [-0.15, -0.1) is 0 Å². The van der Waals surface area contributed by atoms with Crippen molar-refractivity contribution in [2.45, 2.75) is 173 Å². The molecule has 0 aliphatic heterocycles. The molecule has 0 aromatic heterocycles. The number of nitrogens with one attached hydrogen (secondary N) is 4. The summed E-state index contributed by atoms with van der Waals surface area (Å²) in [5, 5.41) is 10.2. The van der Waals surface area contributed by atoms with Crippen LogP contribution in [0.2, 0.25) is 0 Å². The number of allylic oxidation sites excluding steroid dienone is 20. The molecule has 0 aromatic carbocycles. The van der Waals surface area contributed by atoms with Crippen molar-refractivity contribution >= 4 is 47.5 Å². The highest BCUT2D eigenvalue weighted by atomic mass is 16.6. The Labute approximate surface area is 463 Å². The van der Waals surface area contributed by atoms with Crippen LogP contribution in [-0.4, -0.2) is 97.1 Å². The molecular formula is C62H88N4O12. The van der Waals surface area contributed by atoms with Crippen LogP contribution >= 0.6 is 0 Å². The molecule has 428 valence electrons. The lowest BCUT2D eigenvalue weighted by atomic mass is 9.71. The minimum Gasteiger partial charge on any atom is -0.460 e. The van der Waals surface area contributed by atoms with E-state index in [0.717, 1.165) is 33.4 Å². The Morgan fingerprint density at radius 2 is 0.756 bits per heavy atom. The molecule has 2 aliphatic rings. The van der Waals surface area contributed by atoms with Gasteiger partial charge in [0.1, 0.15) is 11.2 Å². The Balaban J connectivity index is 1.87. The molecule has 78 heavy (non-hydrogen) atoms. The largest absolute Gasteiger partial charge is 0.460 e. The SMILES string of the molecule is CC1=C(/C=C/C(C)=C/C=C/C(C)=C/C=C/C=C(C)/C=C/C=C(C)/C=C/C2=C(C)C(=O)[C@@H](OC(=O)CCNC(=O)NCCC(=O)OC(C)(C)C)CC2(C)C)C(C)(C)C[C@H](OC(=O)CCNC(=O)NCCC(=O)OC(C)(C)C)C1=O. The lowest BCUT2D eigenvalue weighted by molar-refractivity contribution is -0.156. The van der Waals surface area contributed by atoms with E-state index in [9.17, 15) is 38.4 Å². The number of hydrogen-bond donors (Lipinski definition) is 4. The van der Waals surface area contributed by atoms with Gasteiger partial charge in [-0.05, 0) is 116 Å². The summed E-state index contributed by atoms with van der Waals surface area (Å²) in [6.07, 6.45) is 26.3. The van der Waals surface area contributed by atoms with Crippen molar-refractivity contribution in [1.82, 2.24) is 21.3 Å². The van der Waals surface area contributed by atoms with Gasteiger partial charge in [0.15, 0.2) is 23.8 Å². The third-order valence-corrected chi connectivity index (χ3v) is 12.1. The van der Waals surface area contributed by atoms with Crippen molar-refractivity contribution < 1.29 is 57.3 Å². The summed E-state index contributed by atoms with van der Waals surface area (Å²) >= 11 is 0. The van der Waals surface area contributed by atoms with Crippen LogP contribution in [-0.2, 0) is 47.7 Å². The van der Waals surface area contributed by atoms with E-state index in [2.05, 4.69) is 21.3 Å². The van der Waals surface area contributed by atoms with E-state index in [0.29, 0.717) is 24.0 Å². The maximum Gasteiger partial charge on any atom is 0.314 e. The van der Waals surface area contributed by atoms with Crippen LogP contribution < -0.4 is 21.3 Å². The van der Waals surface area contributed by atoms with Crippen molar-refractivity contribution in [2.75, 3.05) is 26.2 Å². The van der Waals surface area contributed by atoms with Gasteiger partial charge >= 0.3 is 35.9 Å². The van der Waals surface area contributed by atoms with Gasteiger partial charge in [0.2, 0.25) is 0 Å². The van der Waals surface area contributed by atoms with Gasteiger partial charge in [-0.25, -0.2) is 9.59 Å². The Bertz CT molecular complexity index is 2380. The monoisotopic (exact) mass is 1080 g/mol. The molecule has 0 heterocycles. The number of esters is 4. The third-order valence-electron chi connectivity index (χ3n) is 12.1. The fourth-order valence-corrected chi connectivity index (χ4v) is 8.21. The first-order valence-electron chi connectivity index (χ1n) is 26.6. The van der Waals surface area contributed by atoms with Gasteiger partial charge in [-0.1, -0.05) is 135 Å². The molecule has 2 atom stereocenters. The number of Topliss-reactive ketones (excluding diaryl/α,β-unsaturated/α-hetero) is 2. The normalized spacial score (nSPS) is 18.8. The Morgan fingerprint density at radius 3 is 1.06 bits per heavy atom. The average Bonchev–Trinajstić information content (AvgIpc) is 3.29. The number of rotatable bonds is 24. The molecule has 2 aliphatic carbocycles. The predicted octanol–water partition coefficient (Wildman–Crippen LogP) is 10.8. The zero-order valence-corrected chi connectivity index (χ0v) is 49.2. The summed E-state index contributed by atoms with van der Waals surface area (Å²) < 4.78 is 21.6. The van der Waals surface area contributed by atoms with Crippen molar-refractivity contribution in [2.24, 2.45) is 10.8 Å². The van der Waals surface area contributed by atoms with Crippen molar-refractivity contribution in [3.63, 3.8) is 0 Å². The number of urea groups is 2. The van der Waals surface area contributed by atoms with E-state index in [-0.39, 0.29) is 63.4 Å². The number of amides is 4. The van der Waals surface area contributed by atoms with Crippen molar-refractivity contribution in [3.8, 4) is 0 Å². The first-order valence-corrected chi connectivity index (χ1v) is 26.6. The van der Waals surface area contributed by atoms with Crippen molar-refractivity contribution in [3.05, 3.63) is 130 Å².